The van der Waals surface area contributed by atoms with E-state index in [2.05, 4.69) is 10.6 Å². The van der Waals surface area contributed by atoms with Gasteiger partial charge in [-0.2, -0.15) is 0 Å². The summed E-state index contributed by atoms with van der Waals surface area (Å²) in [5.74, 6) is -0.196. The van der Waals surface area contributed by atoms with Crippen LogP contribution in [-0.4, -0.2) is 38.6 Å². The zero-order valence-electron chi connectivity index (χ0n) is 10.3. The molecule has 96 valence electrons. The van der Waals surface area contributed by atoms with E-state index in [1.54, 1.807) is 7.11 Å². The first-order valence-corrected chi connectivity index (χ1v) is 6.19. The lowest BCUT2D eigenvalue weighted by Crippen LogP contribution is -2.36. The Bertz CT molecular complexity index is 313. The molecule has 2 amide bonds. The van der Waals surface area contributed by atoms with Crippen molar-refractivity contribution in [3.63, 3.8) is 0 Å². The topological polar surface area (TPSA) is 67.4 Å². The largest absolute Gasteiger partial charge is 0.385 e. The van der Waals surface area contributed by atoms with Crippen molar-refractivity contribution >= 4 is 11.8 Å². The molecule has 1 atom stereocenters. The van der Waals surface area contributed by atoms with E-state index in [4.69, 9.17) is 4.74 Å². The summed E-state index contributed by atoms with van der Waals surface area (Å²) in [6.07, 6.45) is 3.67. The van der Waals surface area contributed by atoms with E-state index in [1.807, 2.05) is 0 Å². The third-order valence-electron chi connectivity index (χ3n) is 3.78. The summed E-state index contributed by atoms with van der Waals surface area (Å²) in [6.45, 7) is 1.95. The van der Waals surface area contributed by atoms with Crippen LogP contribution in [0.4, 0.5) is 0 Å². The summed E-state index contributed by atoms with van der Waals surface area (Å²) < 4.78 is 5.07. The van der Waals surface area contributed by atoms with Crippen LogP contribution in [0, 0.1) is 11.3 Å². The number of hydrogen-bond donors (Lipinski definition) is 2. The molecule has 0 aromatic carbocycles. The van der Waals surface area contributed by atoms with Crippen LogP contribution in [0.2, 0.25) is 0 Å². The molecule has 0 radical (unpaired) electrons. The Hall–Kier alpha value is -1.10. The van der Waals surface area contributed by atoms with Crippen LogP contribution in [0.25, 0.3) is 0 Å². The molecule has 1 heterocycles. The maximum absolute atomic E-state index is 11.8. The number of rotatable bonds is 6. The molecule has 0 aromatic heterocycles. The third-order valence-corrected chi connectivity index (χ3v) is 3.78. The number of amides is 2. The summed E-state index contributed by atoms with van der Waals surface area (Å²) in [6, 6.07) is 0. The molecule has 1 saturated carbocycles. The van der Waals surface area contributed by atoms with Gasteiger partial charge in [-0.3, -0.25) is 9.59 Å². The van der Waals surface area contributed by atoms with Gasteiger partial charge < -0.3 is 15.4 Å². The summed E-state index contributed by atoms with van der Waals surface area (Å²) in [5, 5.41) is 5.65. The summed E-state index contributed by atoms with van der Waals surface area (Å²) in [7, 11) is 1.70. The molecule has 2 rings (SSSR count). The maximum Gasteiger partial charge on any atom is 0.225 e. The van der Waals surface area contributed by atoms with Crippen molar-refractivity contribution in [3.8, 4) is 0 Å². The van der Waals surface area contributed by atoms with Gasteiger partial charge in [-0.1, -0.05) is 0 Å². The zero-order valence-corrected chi connectivity index (χ0v) is 10.3. The number of carbonyl (C=O) groups excluding carboxylic acids is 2. The summed E-state index contributed by atoms with van der Waals surface area (Å²) >= 11 is 0. The van der Waals surface area contributed by atoms with Crippen molar-refractivity contribution < 1.29 is 14.3 Å². The third kappa shape index (κ3) is 3.19. The van der Waals surface area contributed by atoms with E-state index in [1.165, 1.54) is 12.8 Å². The second-order valence-corrected chi connectivity index (χ2v) is 5.17. The monoisotopic (exact) mass is 240 g/mol. The number of carbonyl (C=O) groups is 2. The highest BCUT2D eigenvalue weighted by molar-refractivity contribution is 5.89. The van der Waals surface area contributed by atoms with Gasteiger partial charge in [0.1, 0.15) is 0 Å². The number of nitrogens with one attached hydrogen (secondary N) is 2. The van der Waals surface area contributed by atoms with Gasteiger partial charge in [0, 0.05) is 33.2 Å². The fourth-order valence-corrected chi connectivity index (χ4v) is 2.22. The molecular formula is C12H20N2O3. The van der Waals surface area contributed by atoms with Gasteiger partial charge in [0.2, 0.25) is 11.8 Å². The lowest BCUT2D eigenvalue weighted by Gasteiger charge is -2.16. The fourth-order valence-electron chi connectivity index (χ4n) is 2.22. The predicted molar refractivity (Wildman–Crippen MR) is 62.3 cm³/mol. The molecule has 17 heavy (non-hydrogen) atoms. The van der Waals surface area contributed by atoms with Crippen LogP contribution in [0.5, 0.6) is 0 Å². The van der Waals surface area contributed by atoms with Crippen molar-refractivity contribution in [2.24, 2.45) is 11.3 Å². The molecule has 2 aliphatic rings. The van der Waals surface area contributed by atoms with Gasteiger partial charge in [0.25, 0.3) is 0 Å². The van der Waals surface area contributed by atoms with Crippen molar-refractivity contribution in [2.75, 3.05) is 26.8 Å². The highest BCUT2D eigenvalue weighted by atomic mass is 16.5. The zero-order chi connectivity index (χ0) is 12.3. The minimum atomic E-state index is -0.180. The first kappa shape index (κ1) is 12.4. The van der Waals surface area contributed by atoms with Crippen LogP contribution in [0.15, 0.2) is 0 Å². The number of methoxy groups -OCH3 is 1. The van der Waals surface area contributed by atoms with Crippen molar-refractivity contribution in [3.05, 3.63) is 0 Å². The molecule has 1 aliphatic carbocycles. The Morgan fingerprint density at radius 3 is 2.88 bits per heavy atom. The first-order valence-electron chi connectivity index (χ1n) is 6.19. The summed E-state index contributed by atoms with van der Waals surface area (Å²) in [5.41, 5.74) is 0.266. The van der Waals surface area contributed by atoms with Gasteiger partial charge in [0.15, 0.2) is 0 Å². The molecule has 1 saturated heterocycles. The Morgan fingerprint density at radius 2 is 2.35 bits per heavy atom. The van der Waals surface area contributed by atoms with Crippen molar-refractivity contribution in [2.45, 2.75) is 25.7 Å². The Labute approximate surface area is 101 Å². The van der Waals surface area contributed by atoms with Crippen LogP contribution < -0.4 is 10.6 Å². The quantitative estimate of drug-likeness (QED) is 0.689. The van der Waals surface area contributed by atoms with E-state index in [0.29, 0.717) is 13.0 Å². The predicted octanol–water partition coefficient (Wildman–Crippen LogP) is 0.0554. The van der Waals surface area contributed by atoms with Crippen LogP contribution in [0.3, 0.4) is 0 Å². The lowest BCUT2D eigenvalue weighted by molar-refractivity contribution is -0.126. The van der Waals surface area contributed by atoms with Gasteiger partial charge in [-0.25, -0.2) is 0 Å². The second-order valence-electron chi connectivity index (χ2n) is 5.17. The lowest BCUT2D eigenvalue weighted by atomic mass is 10.0. The highest BCUT2D eigenvalue weighted by Gasteiger charge is 2.42. The van der Waals surface area contributed by atoms with E-state index in [0.717, 1.165) is 19.6 Å². The minimum absolute atomic E-state index is 0.00652. The van der Waals surface area contributed by atoms with E-state index in [-0.39, 0.29) is 23.1 Å². The van der Waals surface area contributed by atoms with Gasteiger partial charge >= 0.3 is 0 Å². The molecule has 0 spiro atoms. The Kier molecular flexibility index (Phi) is 3.66. The molecule has 1 unspecified atom stereocenters. The smallest absolute Gasteiger partial charge is 0.225 e. The van der Waals surface area contributed by atoms with Crippen molar-refractivity contribution in [1.82, 2.24) is 10.6 Å². The van der Waals surface area contributed by atoms with Crippen LogP contribution in [0.1, 0.15) is 25.7 Å². The van der Waals surface area contributed by atoms with Gasteiger partial charge in [0.05, 0.1) is 5.92 Å². The number of hydrogen-bond acceptors (Lipinski definition) is 3. The molecule has 0 bridgehead atoms. The standard InChI is InChI=1S/C12H20N2O3/c1-17-5-4-12(2-3-12)8-14-11(16)9-6-10(15)13-7-9/h9H,2-8H2,1H3,(H,13,15)(H,14,16). The average Bonchev–Trinajstić information content (AvgIpc) is 2.97. The molecular weight excluding hydrogens is 220 g/mol. The average molecular weight is 240 g/mol. The van der Waals surface area contributed by atoms with Gasteiger partial charge in [-0.05, 0) is 24.7 Å². The van der Waals surface area contributed by atoms with Crippen molar-refractivity contribution in [1.29, 1.82) is 0 Å². The molecule has 2 fully saturated rings. The van der Waals surface area contributed by atoms with E-state index >= 15 is 0 Å². The minimum Gasteiger partial charge on any atom is -0.385 e. The summed E-state index contributed by atoms with van der Waals surface area (Å²) in [4.78, 5) is 22.8. The molecule has 1 aliphatic heterocycles. The van der Waals surface area contributed by atoms with Crippen LogP contribution >= 0.6 is 0 Å². The molecule has 0 aromatic rings. The molecule has 5 heteroatoms. The maximum atomic E-state index is 11.8. The van der Waals surface area contributed by atoms with Crippen LogP contribution in [-0.2, 0) is 14.3 Å². The SMILES string of the molecule is COCCC1(CNC(=O)C2CNC(=O)C2)CC1. The van der Waals surface area contributed by atoms with E-state index in [9.17, 15) is 9.59 Å². The fraction of sp³-hybridized carbons (Fsp3) is 0.833. The Morgan fingerprint density at radius 1 is 1.59 bits per heavy atom. The normalized spacial score (nSPS) is 25.5. The Balaban J connectivity index is 1.71. The number of ether oxygens (including phenoxy) is 1. The first-order chi connectivity index (χ1) is 8.15. The highest BCUT2D eigenvalue weighted by Crippen LogP contribution is 2.48. The van der Waals surface area contributed by atoms with Gasteiger partial charge in [-0.15, -0.1) is 0 Å². The second kappa shape index (κ2) is 5.04. The molecule has 5 nitrogen and oxygen atoms in total. The van der Waals surface area contributed by atoms with E-state index < -0.39 is 0 Å². The molecule has 2 N–H and O–H groups in total.